The van der Waals surface area contributed by atoms with E-state index in [2.05, 4.69) is 5.32 Å². The Morgan fingerprint density at radius 2 is 1.73 bits per heavy atom. The summed E-state index contributed by atoms with van der Waals surface area (Å²) in [5.41, 5.74) is 0.680. The van der Waals surface area contributed by atoms with Gasteiger partial charge in [0.25, 0.3) is 5.91 Å². The van der Waals surface area contributed by atoms with E-state index in [1.54, 1.807) is 0 Å². The number of ether oxygens (including phenoxy) is 3. The summed E-state index contributed by atoms with van der Waals surface area (Å²) in [4.78, 5) is 24.8. The Balaban J connectivity index is 1.61. The molecule has 0 radical (unpaired) electrons. The van der Waals surface area contributed by atoms with E-state index in [9.17, 15) is 18.0 Å². The molecule has 9 nitrogen and oxygen atoms in total. The molecule has 0 atom stereocenters. The van der Waals surface area contributed by atoms with Crippen LogP contribution in [0, 0.1) is 0 Å². The molecule has 10 heteroatoms. The topological polar surface area (TPSA) is 111 Å². The van der Waals surface area contributed by atoms with E-state index in [0.717, 1.165) is 0 Å². The number of Topliss-reactive ketones (excluding diaryl/α,β-unsaturated/α-hetero) is 1. The van der Waals surface area contributed by atoms with Crippen molar-refractivity contribution in [3.05, 3.63) is 47.5 Å². The fourth-order valence-electron chi connectivity index (χ4n) is 3.26. The smallest absolute Gasteiger partial charge is 0.255 e. The van der Waals surface area contributed by atoms with E-state index in [4.69, 9.17) is 14.2 Å². The van der Waals surface area contributed by atoms with Crippen molar-refractivity contribution in [3.63, 3.8) is 0 Å². The van der Waals surface area contributed by atoms with Crippen molar-refractivity contribution in [2.24, 2.45) is 0 Å². The zero-order valence-corrected chi connectivity index (χ0v) is 17.0. The maximum absolute atomic E-state index is 12.9. The lowest BCUT2D eigenvalue weighted by molar-refractivity contribution is 0.0730. The third-order valence-corrected chi connectivity index (χ3v) is 6.74. The normalized spacial score (nSPS) is 16.3. The van der Waals surface area contributed by atoms with Crippen molar-refractivity contribution in [2.75, 3.05) is 38.4 Å². The minimum Gasteiger partial charge on any atom is -0.454 e. The summed E-state index contributed by atoms with van der Waals surface area (Å²) in [5.74, 6) is 0.0402. The van der Waals surface area contributed by atoms with E-state index in [1.807, 2.05) is 0 Å². The number of carbonyl (C=O) groups excluding carboxylic acids is 2. The van der Waals surface area contributed by atoms with Crippen LogP contribution in [0.3, 0.4) is 0 Å². The number of benzene rings is 2. The minimum atomic E-state index is -3.74. The summed E-state index contributed by atoms with van der Waals surface area (Å²) in [7, 11) is -3.74. The van der Waals surface area contributed by atoms with Crippen molar-refractivity contribution in [3.8, 4) is 11.5 Å². The van der Waals surface area contributed by atoms with Crippen LogP contribution in [-0.4, -0.2) is 57.5 Å². The number of amides is 1. The number of hydrogen-bond acceptors (Lipinski definition) is 7. The van der Waals surface area contributed by atoms with E-state index in [-0.39, 0.29) is 47.4 Å². The van der Waals surface area contributed by atoms with Crippen LogP contribution in [0.1, 0.15) is 27.6 Å². The van der Waals surface area contributed by atoms with Crippen LogP contribution >= 0.6 is 0 Å². The SMILES string of the molecule is CC(=O)c1cc2c(cc1NC(=O)c1cccc(S(=O)(=O)N3CCOCC3)c1)OCO2. The molecular formula is C20H20N2O7S. The van der Waals surface area contributed by atoms with Gasteiger partial charge in [-0.25, -0.2) is 8.42 Å². The number of sulfonamides is 1. The Morgan fingerprint density at radius 1 is 1.03 bits per heavy atom. The molecule has 2 aromatic rings. The molecule has 1 amide bonds. The number of nitrogens with one attached hydrogen (secondary N) is 1. The highest BCUT2D eigenvalue weighted by molar-refractivity contribution is 7.89. The molecule has 30 heavy (non-hydrogen) atoms. The summed E-state index contributed by atoms with van der Waals surface area (Å²) < 4.78 is 42.8. The van der Waals surface area contributed by atoms with Gasteiger partial charge in [-0.1, -0.05) is 6.07 Å². The number of hydrogen-bond donors (Lipinski definition) is 1. The van der Waals surface area contributed by atoms with Gasteiger partial charge < -0.3 is 19.5 Å². The number of nitrogens with zero attached hydrogens (tertiary/aromatic N) is 1. The Labute approximate surface area is 173 Å². The second kappa shape index (κ2) is 8.05. The number of ketones is 1. The maximum Gasteiger partial charge on any atom is 0.255 e. The van der Waals surface area contributed by atoms with Gasteiger partial charge in [-0.2, -0.15) is 4.31 Å². The average molecular weight is 432 g/mol. The highest BCUT2D eigenvalue weighted by atomic mass is 32.2. The molecular weight excluding hydrogens is 412 g/mol. The molecule has 1 saturated heterocycles. The summed E-state index contributed by atoms with van der Waals surface area (Å²) in [6, 6.07) is 8.82. The van der Waals surface area contributed by atoms with Crippen LogP contribution in [0.5, 0.6) is 11.5 Å². The average Bonchev–Trinajstić information content (AvgIpc) is 3.21. The fraction of sp³-hybridized carbons (Fsp3) is 0.300. The highest BCUT2D eigenvalue weighted by Gasteiger charge is 2.27. The molecule has 0 aromatic heterocycles. The fourth-order valence-corrected chi connectivity index (χ4v) is 4.72. The third kappa shape index (κ3) is 3.89. The summed E-state index contributed by atoms with van der Waals surface area (Å²) in [6.07, 6.45) is 0. The van der Waals surface area contributed by atoms with Crippen LogP contribution in [0.4, 0.5) is 5.69 Å². The van der Waals surface area contributed by atoms with Crippen molar-refractivity contribution in [1.82, 2.24) is 4.31 Å². The maximum atomic E-state index is 12.9. The van der Waals surface area contributed by atoms with E-state index >= 15 is 0 Å². The lowest BCUT2D eigenvalue weighted by Crippen LogP contribution is -2.40. The highest BCUT2D eigenvalue weighted by Crippen LogP contribution is 2.37. The molecule has 1 fully saturated rings. The van der Waals surface area contributed by atoms with Crippen LogP contribution in [0.2, 0.25) is 0 Å². The Bertz CT molecular complexity index is 1110. The van der Waals surface area contributed by atoms with Gasteiger partial charge in [0.15, 0.2) is 17.3 Å². The van der Waals surface area contributed by atoms with Crippen molar-refractivity contribution >= 4 is 27.4 Å². The molecule has 0 unspecified atom stereocenters. The molecule has 1 N–H and O–H groups in total. The molecule has 2 aliphatic heterocycles. The van der Waals surface area contributed by atoms with Gasteiger partial charge in [-0.3, -0.25) is 9.59 Å². The third-order valence-electron chi connectivity index (χ3n) is 4.84. The molecule has 0 saturated carbocycles. The summed E-state index contributed by atoms with van der Waals surface area (Å²) in [6.45, 7) is 2.60. The van der Waals surface area contributed by atoms with Gasteiger partial charge in [0.1, 0.15) is 0 Å². The first kappa shape index (κ1) is 20.3. The first-order valence-corrected chi connectivity index (χ1v) is 10.7. The standard InChI is InChI=1S/C20H20N2O7S/c1-13(23)16-10-18-19(29-12-28-18)11-17(16)21-20(24)14-3-2-4-15(9-14)30(25,26)22-5-7-27-8-6-22/h2-4,9-11H,5-8,12H2,1H3,(H,21,24). The number of morpholine rings is 1. The Hall–Kier alpha value is -2.95. The molecule has 2 aliphatic rings. The second-order valence-electron chi connectivity index (χ2n) is 6.81. The second-order valence-corrected chi connectivity index (χ2v) is 8.74. The molecule has 2 aromatic carbocycles. The lowest BCUT2D eigenvalue weighted by atomic mass is 10.1. The zero-order valence-electron chi connectivity index (χ0n) is 16.2. The molecule has 4 rings (SSSR count). The number of anilines is 1. The van der Waals surface area contributed by atoms with Gasteiger partial charge in [-0.15, -0.1) is 0 Å². The number of fused-ring (bicyclic) bond motifs is 1. The first-order chi connectivity index (χ1) is 14.4. The quantitative estimate of drug-likeness (QED) is 0.718. The number of rotatable bonds is 5. The van der Waals surface area contributed by atoms with Crippen molar-refractivity contribution in [2.45, 2.75) is 11.8 Å². The first-order valence-electron chi connectivity index (χ1n) is 9.30. The summed E-state index contributed by atoms with van der Waals surface area (Å²) >= 11 is 0. The lowest BCUT2D eigenvalue weighted by Gasteiger charge is -2.26. The zero-order chi connectivity index (χ0) is 21.3. The van der Waals surface area contributed by atoms with Gasteiger partial charge >= 0.3 is 0 Å². The number of carbonyl (C=O) groups is 2. The van der Waals surface area contributed by atoms with Gasteiger partial charge in [0, 0.05) is 30.3 Å². The summed E-state index contributed by atoms with van der Waals surface area (Å²) in [5, 5.41) is 2.67. The van der Waals surface area contributed by atoms with Gasteiger partial charge in [0.2, 0.25) is 16.8 Å². The van der Waals surface area contributed by atoms with Crippen LogP contribution in [0.15, 0.2) is 41.3 Å². The molecule has 0 bridgehead atoms. The van der Waals surface area contributed by atoms with E-state index in [0.29, 0.717) is 24.7 Å². The van der Waals surface area contributed by atoms with E-state index in [1.165, 1.54) is 47.6 Å². The molecule has 0 spiro atoms. The largest absolute Gasteiger partial charge is 0.454 e. The van der Waals surface area contributed by atoms with Crippen LogP contribution in [-0.2, 0) is 14.8 Å². The van der Waals surface area contributed by atoms with Gasteiger partial charge in [0.05, 0.1) is 23.8 Å². The monoisotopic (exact) mass is 432 g/mol. The van der Waals surface area contributed by atoms with Crippen LogP contribution in [0.25, 0.3) is 0 Å². The Morgan fingerprint density at radius 3 is 2.43 bits per heavy atom. The van der Waals surface area contributed by atoms with Crippen molar-refractivity contribution < 1.29 is 32.2 Å². The van der Waals surface area contributed by atoms with Crippen LogP contribution < -0.4 is 14.8 Å². The predicted octanol–water partition coefficient (Wildman–Crippen LogP) is 1.89. The molecule has 158 valence electrons. The Kier molecular flexibility index (Phi) is 5.46. The predicted molar refractivity (Wildman–Crippen MR) is 107 cm³/mol. The van der Waals surface area contributed by atoms with E-state index < -0.39 is 15.9 Å². The minimum absolute atomic E-state index is 0.0227. The molecule has 2 heterocycles. The van der Waals surface area contributed by atoms with Gasteiger partial charge in [-0.05, 0) is 31.2 Å². The molecule has 0 aliphatic carbocycles. The van der Waals surface area contributed by atoms with Crippen molar-refractivity contribution in [1.29, 1.82) is 0 Å².